The van der Waals surface area contributed by atoms with E-state index in [1.54, 1.807) is 12.3 Å². The highest BCUT2D eigenvalue weighted by Crippen LogP contribution is 2.24. The fourth-order valence-corrected chi connectivity index (χ4v) is 1.97. The average molecular weight is 249 g/mol. The molecule has 0 aromatic carbocycles. The number of hydrogen-bond acceptors (Lipinski definition) is 5. The summed E-state index contributed by atoms with van der Waals surface area (Å²) in [6.45, 7) is 1.15. The zero-order valence-corrected chi connectivity index (χ0v) is 9.68. The fourth-order valence-electron chi connectivity index (χ4n) is 1.73. The first-order valence-electron chi connectivity index (χ1n) is 5.24. The SMILES string of the molecule is Clc1nc(-c2ccncn2)nc2c1COCC2. The summed E-state index contributed by atoms with van der Waals surface area (Å²) in [5.41, 5.74) is 2.51. The predicted octanol–water partition coefficient (Wildman–Crippen LogP) is 1.66. The van der Waals surface area contributed by atoms with Crippen molar-refractivity contribution < 1.29 is 4.74 Å². The van der Waals surface area contributed by atoms with Gasteiger partial charge in [0.05, 0.1) is 18.9 Å². The Morgan fingerprint density at radius 3 is 3.06 bits per heavy atom. The molecule has 0 bridgehead atoms. The van der Waals surface area contributed by atoms with Gasteiger partial charge < -0.3 is 4.74 Å². The lowest BCUT2D eigenvalue weighted by Gasteiger charge is -2.16. The van der Waals surface area contributed by atoms with Gasteiger partial charge in [0, 0.05) is 18.2 Å². The molecule has 0 amide bonds. The predicted molar refractivity (Wildman–Crippen MR) is 61.4 cm³/mol. The summed E-state index contributed by atoms with van der Waals surface area (Å²) >= 11 is 6.12. The van der Waals surface area contributed by atoms with Gasteiger partial charge in [0.2, 0.25) is 0 Å². The quantitative estimate of drug-likeness (QED) is 0.719. The van der Waals surface area contributed by atoms with E-state index in [1.807, 2.05) is 0 Å². The van der Waals surface area contributed by atoms with Gasteiger partial charge in [-0.25, -0.2) is 19.9 Å². The lowest BCUT2D eigenvalue weighted by molar-refractivity contribution is 0.109. The lowest BCUT2D eigenvalue weighted by Crippen LogP contribution is -2.14. The molecule has 3 rings (SSSR count). The standard InChI is InChI=1S/C11H9ClN4O/c12-10-7-5-17-4-2-8(7)15-11(16-10)9-1-3-13-6-14-9/h1,3,6H,2,4-5H2. The molecule has 5 nitrogen and oxygen atoms in total. The third-order valence-corrected chi connectivity index (χ3v) is 2.90. The van der Waals surface area contributed by atoms with E-state index in [9.17, 15) is 0 Å². The van der Waals surface area contributed by atoms with Crippen molar-refractivity contribution in [1.29, 1.82) is 0 Å². The summed E-state index contributed by atoms with van der Waals surface area (Å²) in [5, 5.41) is 0.448. The Labute approximate surface area is 103 Å². The van der Waals surface area contributed by atoms with Crippen LogP contribution in [0.5, 0.6) is 0 Å². The molecule has 1 aliphatic heterocycles. The second-order valence-electron chi connectivity index (χ2n) is 3.66. The van der Waals surface area contributed by atoms with Crippen LogP contribution in [0.25, 0.3) is 11.5 Å². The normalized spacial score (nSPS) is 14.4. The molecule has 6 heteroatoms. The van der Waals surface area contributed by atoms with Gasteiger partial charge in [-0.15, -0.1) is 0 Å². The number of fused-ring (bicyclic) bond motifs is 1. The first kappa shape index (κ1) is 10.6. The zero-order valence-electron chi connectivity index (χ0n) is 8.93. The third kappa shape index (κ3) is 1.99. The summed E-state index contributed by atoms with van der Waals surface area (Å²) in [6.07, 6.45) is 3.88. The topological polar surface area (TPSA) is 60.8 Å². The molecule has 1 aliphatic rings. The maximum absolute atomic E-state index is 6.12. The van der Waals surface area contributed by atoms with Crippen LogP contribution in [0.2, 0.25) is 5.15 Å². The highest BCUT2D eigenvalue weighted by Gasteiger charge is 2.17. The first-order valence-corrected chi connectivity index (χ1v) is 5.62. The number of ether oxygens (including phenoxy) is 1. The van der Waals surface area contributed by atoms with Crippen molar-refractivity contribution in [3.05, 3.63) is 35.0 Å². The van der Waals surface area contributed by atoms with Crippen LogP contribution in [0.1, 0.15) is 11.3 Å². The van der Waals surface area contributed by atoms with E-state index in [1.165, 1.54) is 6.33 Å². The van der Waals surface area contributed by atoms with Crippen LogP contribution in [-0.2, 0) is 17.8 Å². The zero-order chi connectivity index (χ0) is 11.7. The number of halogens is 1. The molecule has 0 radical (unpaired) electrons. The van der Waals surface area contributed by atoms with Gasteiger partial charge in [-0.05, 0) is 6.07 Å². The van der Waals surface area contributed by atoms with Crippen LogP contribution in [0.3, 0.4) is 0 Å². The fraction of sp³-hybridized carbons (Fsp3) is 0.273. The van der Waals surface area contributed by atoms with Crippen LogP contribution in [0.15, 0.2) is 18.6 Å². The van der Waals surface area contributed by atoms with E-state index in [-0.39, 0.29) is 0 Å². The molecule has 0 spiro atoms. The van der Waals surface area contributed by atoms with E-state index < -0.39 is 0 Å². The van der Waals surface area contributed by atoms with Crippen LogP contribution in [0, 0.1) is 0 Å². The van der Waals surface area contributed by atoms with E-state index >= 15 is 0 Å². The van der Waals surface area contributed by atoms with Crippen molar-refractivity contribution in [3.8, 4) is 11.5 Å². The minimum atomic E-state index is 0.448. The molecule has 17 heavy (non-hydrogen) atoms. The molecule has 0 unspecified atom stereocenters. The summed E-state index contributed by atoms with van der Waals surface area (Å²) < 4.78 is 5.33. The average Bonchev–Trinajstić information content (AvgIpc) is 2.40. The Kier molecular flexibility index (Phi) is 2.70. The largest absolute Gasteiger partial charge is 0.376 e. The van der Waals surface area contributed by atoms with E-state index in [2.05, 4.69) is 19.9 Å². The molecule has 0 saturated carbocycles. The van der Waals surface area contributed by atoms with Gasteiger partial charge in [-0.1, -0.05) is 11.6 Å². The number of rotatable bonds is 1. The number of aromatic nitrogens is 4. The Morgan fingerprint density at radius 2 is 2.24 bits per heavy atom. The van der Waals surface area contributed by atoms with Gasteiger partial charge in [0.25, 0.3) is 0 Å². The molecule has 0 aliphatic carbocycles. The molecule has 3 heterocycles. The van der Waals surface area contributed by atoms with E-state index in [4.69, 9.17) is 16.3 Å². The van der Waals surface area contributed by atoms with Crippen molar-refractivity contribution >= 4 is 11.6 Å². The smallest absolute Gasteiger partial charge is 0.179 e. The van der Waals surface area contributed by atoms with Crippen molar-refractivity contribution in [2.75, 3.05) is 6.61 Å². The van der Waals surface area contributed by atoms with Crippen LogP contribution < -0.4 is 0 Å². The number of nitrogens with zero attached hydrogens (tertiary/aromatic N) is 4. The van der Waals surface area contributed by atoms with Crippen molar-refractivity contribution in [2.24, 2.45) is 0 Å². The van der Waals surface area contributed by atoms with Crippen LogP contribution in [0.4, 0.5) is 0 Å². The van der Waals surface area contributed by atoms with Crippen molar-refractivity contribution in [2.45, 2.75) is 13.0 Å². The summed E-state index contributed by atoms with van der Waals surface area (Å²) in [7, 11) is 0. The summed E-state index contributed by atoms with van der Waals surface area (Å²) in [5.74, 6) is 0.540. The van der Waals surface area contributed by atoms with Gasteiger partial charge >= 0.3 is 0 Å². The molecule has 2 aromatic heterocycles. The Hall–Kier alpha value is -1.59. The second-order valence-corrected chi connectivity index (χ2v) is 4.02. The molecular formula is C11H9ClN4O. The third-order valence-electron chi connectivity index (χ3n) is 2.58. The Bertz CT molecular complexity index is 547. The summed E-state index contributed by atoms with van der Waals surface area (Å²) in [4.78, 5) is 16.7. The Balaban J connectivity index is 2.11. The van der Waals surface area contributed by atoms with Crippen LogP contribution in [-0.4, -0.2) is 26.5 Å². The van der Waals surface area contributed by atoms with Crippen molar-refractivity contribution in [1.82, 2.24) is 19.9 Å². The minimum absolute atomic E-state index is 0.448. The van der Waals surface area contributed by atoms with E-state index in [0.717, 1.165) is 17.7 Å². The highest BCUT2D eigenvalue weighted by molar-refractivity contribution is 6.30. The second kappa shape index (κ2) is 4.35. The summed E-state index contributed by atoms with van der Waals surface area (Å²) in [6, 6.07) is 1.76. The first-order chi connectivity index (χ1) is 8.34. The molecule has 0 saturated heterocycles. The molecule has 0 atom stereocenters. The lowest BCUT2D eigenvalue weighted by atomic mass is 10.1. The maximum Gasteiger partial charge on any atom is 0.179 e. The molecular weight excluding hydrogens is 240 g/mol. The van der Waals surface area contributed by atoms with E-state index in [0.29, 0.717) is 29.9 Å². The molecule has 86 valence electrons. The molecule has 0 N–H and O–H groups in total. The van der Waals surface area contributed by atoms with Gasteiger partial charge in [0.15, 0.2) is 5.82 Å². The number of hydrogen-bond donors (Lipinski definition) is 0. The minimum Gasteiger partial charge on any atom is -0.376 e. The van der Waals surface area contributed by atoms with Gasteiger partial charge in [-0.2, -0.15) is 0 Å². The van der Waals surface area contributed by atoms with Gasteiger partial charge in [0.1, 0.15) is 17.2 Å². The Morgan fingerprint density at radius 1 is 1.29 bits per heavy atom. The van der Waals surface area contributed by atoms with Crippen molar-refractivity contribution in [3.63, 3.8) is 0 Å². The molecule has 0 fully saturated rings. The highest BCUT2D eigenvalue weighted by atomic mass is 35.5. The molecule has 2 aromatic rings. The van der Waals surface area contributed by atoms with Gasteiger partial charge in [-0.3, -0.25) is 0 Å². The monoisotopic (exact) mass is 248 g/mol. The maximum atomic E-state index is 6.12. The van der Waals surface area contributed by atoms with Crippen LogP contribution >= 0.6 is 11.6 Å².